The maximum Gasteiger partial charge on any atom is 0.139 e. The molecule has 21 heavy (non-hydrogen) atoms. The zero-order chi connectivity index (χ0) is 14.4. The van der Waals surface area contributed by atoms with E-state index in [4.69, 9.17) is 4.98 Å². The maximum atomic E-state index is 9.32. The number of hydrogen-bond acceptors (Lipinski definition) is 3. The number of aliphatic hydroxyl groups excluding tert-OH is 1. The first-order chi connectivity index (χ1) is 10.3. The third-order valence-corrected chi connectivity index (χ3v) is 4.85. The van der Waals surface area contributed by atoms with E-state index in [0.717, 1.165) is 48.1 Å². The van der Waals surface area contributed by atoms with Crippen molar-refractivity contribution in [2.24, 2.45) is 5.92 Å². The largest absolute Gasteiger partial charge is 0.396 e. The maximum absolute atomic E-state index is 9.32. The summed E-state index contributed by atoms with van der Waals surface area (Å²) in [6.45, 7) is 2.40. The van der Waals surface area contributed by atoms with E-state index in [1.807, 2.05) is 12.4 Å². The summed E-state index contributed by atoms with van der Waals surface area (Å²) in [4.78, 5) is 12.3. The van der Waals surface area contributed by atoms with Crippen LogP contribution in [0.2, 0.25) is 0 Å². The highest BCUT2D eigenvalue weighted by Crippen LogP contribution is 2.36. The molecule has 1 aliphatic rings. The Kier molecular flexibility index (Phi) is 2.96. The third-order valence-electron chi connectivity index (χ3n) is 4.85. The summed E-state index contributed by atoms with van der Waals surface area (Å²) >= 11 is 0. The highest BCUT2D eigenvalue weighted by Gasteiger charge is 2.25. The number of aromatic nitrogens is 4. The molecule has 0 unspecified atom stereocenters. The van der Waals surface area contributed by atoms with Gasteiger partial charge in [-0.2, -0.15) is 0 Å². The average molecular weight is 284 g/mol. The zero-order valence-electron chi connectivity index (χ0n) is 12.2. The molecule has 0 bridgehead atoms. The van der Waals surface area contributed by atoms with Crippen molar-refractivity contribution in [2.45, 2.75) is 38.6 Å². The van der Waals surface area contributed by atoms with Crippen molar-refractivity contribution in [1.82, 2.24) is 19.5 Å². The topological polar surface area (TPSA) is 66.7 Å². The fourth-order valence-corrected chi connectivity index (χ4v) is 3.74. The molecule has 0 aromatic carbocycles. The zero-order valence-corrected chi connectivity index (χ0v) is 12.2. The van der Waals surface area contributed by atoms with Crippen LogP contribution in [0.4, 0.5) is 0 Å². The molecule has 0 aliphatic heterocycles. The molecule has 0 amide bonds. The molecule has 2 N–H and O–H groups in total. The second-order valence-corrected chi connectivity index (χ2v) is 6.12. The second-order valence-electron chi connectivity index (χ2n) is 6.12. The minimum Gasteiger partial charge on any atom is -0.396 e. The van der Waals surface area contributed by atoms with Crippen LogP contribution in [-0.2, 0) is 0 Å². The first kappa shape index (κ1) is 12.8. The molecular formula is C16H20N4O. The summed E-state index contributed by atoms with van der Waals surface area (Å²) in [5.41, 5.74) is 3.10. The summed E-state index contributed by atoms with van der Waals surface area (Å²) in [6, 6.07) is 2.57. The Bertz CT molecular complexity index is 780. The molecule has 5 nitrogen and oxygen atoms in total. The number of H-pyrrole nitrogens is 1. The monoisotopic (exact) mass is 284 g/mol. The SMILES string of the molecule is Cc1nc2cnc3[nH]ccc3c2n1[C@H]1CC[C@H](CO)CC1. The fourth-order valence-electron chi connectivity index (χ4n) is 3.74. The molecule has 0 radical (unpaired) electrons. The summed E-state index contributed by atoms with van der Waals surface area (Å²) < 4.78 is 2.39. The van der Waals surface area contributed by atoms with Crippen molar-refractivity contribution in [3.8, 4) is 0 Å². The van der Waals surface area contributed by atoms with E-state index in [1.165, 1.54) is 5.52 Å². The van der Waals surface area contributed by atoms with Gasteiger partial charge in [0.25, 0.3) is 0 Å². The van der Waals surface area contributed by atoms with Crippen molar-refractivity contribution in [3.63, 3.8) is 0 Å². The smallest absolute Gasteiger partial charge is 0.139 e. The normalized spacial score (nSPS) is 23.1. The van der Waals surface area contributed by atoms with E-state index in [1.54, 1.807) is 0 Å². The van der Waals surface area contributed by atoms with Gasteiger partial charge in [-0.3, -0.25) is 0 Å². The number of imidazole rings is 1. The molecule has 4 rings (SSSR count). The minimum absolute atomic E-state index is 0.322. The first-order valence-electron chi connectivity index (χ1n) is 7.69. The Morgan fingerprint density at radius 2 is 2.14 bits per heavy atom. The number of aryl methyl sites for hydroxylation is 1. The van der Waals surface area contributed by atoms with Gasteiger partial charge < -0.3 is 14.7 Å². The lowest BCUT2D eigenvalue weighted by atomic mass is 9.86. The number of rotatable bonds is 2. The molecule has 0 saturated heterocycles. The van der Waals surface area contributed by atoms with Crippen molar-refractivity contribution in [3.05, 3.63) is 24.3 Å². The van der Waals surface area contributed by atoms with Gasteiger partial charge >= 0.3 is 0 Å². The number of fused-ring (bicyclic) bond motifs is 3. The van der Waals surface area contributed by atoms with Crippen LogP contribution in [0.3, 0.4) is 0 Å². The summed E-state index contributed by atoms with van der Waals surface area (Å²) in [6.07, 6.45) is 8.23. The third kappa shape index (κ3) is 1.95. The lowest BCUT2D eigenvalue weighted by Gasteiger charge is -2.29. The standard InChI is InChI=1S/C16H20N4O/c1-10-19-14-8-18-16-13(6-7-17-16)15(14)20(10)12-4-2-11(9-21)3-5-12/h6-8,11-12,21H,2-5,9H2,1H3,(H,17,18)/t11-,12-. The predicted molar refractivity (Wildman–Crippen MR) is 82.2 cm³/mol. The number of aromatic amines is 1. The lowest BCUT2D eigenvalue weighted by molar-refractivity contribution is 0.169. The Balaban J connectivity index is 1.84. The second kappa shape index (κ2) is 4.84. The van der Waals surface area contributed by atoms with Gasteiger partial charge in [-0.25, -0.2) is 9.97 Å². The van der Waals surface area contributed by atoms with Gasteiger partial charge in [0.2, 0.25) is 0 Å². The molecule has 3 heterocycles. The van der Waals surface area contributed by atoms with Crippen molar-refractivity contribution < 1.29 is 5.11 Å². The lowest BCUT2D eigenvalue weighted by Crippen LogP contribution is -2.20. The van der Waals surface area contributed by atoms with Crippen LogP contribution in [0.25, 0.3) is 22.1 Å². The number of hydrogen-bond donors (Lipinski definition) is 2. The molecule has 1 fully saturated rings. The summed E-state index contributed by atoms with van der Waals surface area (Å²) in [7, 11) is 0. The Morgan fingerprint density at radius 1 is 1.33 bits per heavy atom. The average Bonchev–Trinajstić information content (AvgIpc) is 3.10. The number of aliphatic hydroxyl groups is 1. The molecule has 1 saturated carbocycles. The van der Waals surface area contributed by atoms with Crippen LogP contribution >= 0.6 is 0 Å². The summed E-state index contributed by atoms with van der Waals surface area (Å²) in [5, 5.41) is 10.5. The fraction of sp³-hybridized carbons (Fsp3) is 0.500. The van der Waals surface area contributed by atoms with E-state index in [2.05, 4.69) is 27.5 Å². The quantitative estimate of drug-likeness (QED) is 0.760. The van der Waals surface area contributed by atoms with E-state index >= 15 is 0 Å². The van der Waals surface area contributed by atoms with E-state index in [9.17, 15) is 5.11 Å². The van der Waals surface area contributed by atoms with Crippen LogP contribution in [-0.4, -0.2) is 31.2 Å². The summed E-state index contributed by atoms with van der Waals surface area (Å²) in [5.74, 6) is 1.54. The van der Waals surface area contributed by atoms with Crippen LogP contribution in [0, 0.1) is 12.8 Å². The van der Waals surface area contributed by atoms with Crippen molar-refractivity contribution >= 4 is 22.1 Å². The van der Waals surface area contributed by atoms with E-state index < -0.39 is 0 Å². The van der Waals surface area contributed by atoms with E-state index in [0.29, 0.717) is 18.6 Å². The van der Waals surface area contributed by atoms with Gasteiger partial charge in [-0.05, 0) is 44.6 Å². The molecular weight excluding hydrogens is 264 g/mol. The van der Waals surface area contributed by atoms with Gasteiger partial charge in [-0.1, -0.05) is 0 Å². The predicted octanol–water partition coefficient (Wildman–Crippen LogP) is 2.94. The van der Waals surface area contributed by atoms with Crippen LogP contribution in [0.5, 0.6) is 0 Å². The molecule has 110 valence electrons. The van der Waals surface area contributed by atoms with Gasteiger partial charge in [0.05, 0.1) is 11.7 Å². The van der Waals surface area contributed by atoms with Crippen LogP contribution in [0.1, 0.15) is 37.5 Å². The van der Waals surface area contributed by atoms with Crippen LogP contribution in [0.15, 0.2) is 18.5 Å². The molecule has 0 spiro atoms. The Morgan fingerprint density at radius 3 is 2.90 bits per heavy atom. The first-order valence-corrected chi connectivity index (χ1v) is 7.69. The van der Waals surface area contributed by atoms with Gasteiger partial charge in [-0.15, -0.1) is 0 Å². The van der Waals surface area contributed by atoms with Gasteiger partial charge in [0, 0.05) is 24.2 Å². The number of pyridine rings is 1. The Hall–Kier alpha value is -1.88. The molecule has 5 heteroatoms. The number of nitrogens with zero attached hydrogens (tertiary/aromatic N) is 3. The molecule has 3 aromatic rings. The van der Waals surface area contributed by atoms with Gasteiger partial charge in [0.1, 0.15) is 17.0 Å². The van der Waals surface area contributed by atoms with Crippen LogP contribution < -0.4 is 0 Å². The molecule has 3 aromatic heterocycles. The van der Waals surface area contributed by atoms with Crippen molar-refractivity contribution in [2.75, 3.05) is 6.61 Å². The highest BCUT2D eigenvalue weighted by molar-refractivity contribution is 6.01. The number of nitrogens with one attached hydrogen (secondary N) is 1. The minimum atomic E-state index is 0.322. The molecule has 1 aliphatic carbocycles. The van der Waals surface area contributed by atoms with Gasteiger partial charge in [0.15, 0.2) is 0 Å². The molecule has 0 atom stereocenters. The highest BCUT2D eigenvalue weighted by atomic mass is 16.3. The van der Waals surface area contributed by atoms with Crippen molar-refractivity contribution in [1.29, 1.82) is 0 Å². The van der Waals surface area contributed by atoms with E-state index in [-0.39, 0.29) is 0 Å². The Labute approximate surface area is 123 Å².